The third-order valence-corrected chi connectivity index (χ3v) is 2.93. The molecule has 18 heavy (non-hydrogen) atoms. The summed E-state index contributed by atoms with van der Waals surface area (Å²) >= 11 is 0. The molecule has 0 saturated heterocycles. The molecule has 1 rings (SSSR count). The van der Waals surface area contributed by atoms with E-state index in [4.69, 9.17) is 4.74 Å². The number of benzene rings is 1. The van der Waals surface area contributed by atoms with Gasteiger partial charge in [-0.1, -0.05) is 19.9 Å². The number of aryl methyl sites for hydroxylation is 1. The summed E-state index contributed by atoms with van der Waals surface area (Å²) in [6, 6.07) is 4.89. The fraction of sp³-hybridized carbons (Fsp3) is 0.538. The predicted octanol–water partition coefficient (Wildman–Crippen LogP) is 2.70. The number of nitro benzene ring substituents is 1. The second-order valence-electron chi connectivity index (χ2n) is 4.55. The lowest BCUT2D eigenvalue weighted by Gasteiger charge is -2.21. The summed E-state index contributed by atoms with van der Waals surface area (Å²) in [4.78, 5) is 10.5. The standard InChI is InChI=1S/C13H19NO4/c1-4-10-6-7-12(11(8-10)14(16)17)18-9-13(3,15)5-2/h6-8,15H,4-5,9H2,1-3H3. The number of aliphatic hydroxyl groups is 1. The van der Waals surface area contributed by atoms with E-state index in [1.54, 1.807) is 19.1 Å². The maximum absolute atomic E-state index is 10.9. The third-order valence-electron chi connectivity index (χ3n) is 2.93. The Hall–Kier alpha value is -1.62. The smallest absolute Gasteiger partial charge is 0.311 e. The Morgan fingerprint density at radius 2 is 2.11 bits per heavy atom. The monoisotopic (exact) mass is 253 g/mol. The summed E-state index contributed by atoms with van der Waals surface area (Å²) in [5, 5.41) is 20.8. The molecule has 0 aromatic heterocycles. The molecular formula is C13H19NO4. The second-order valence-corrected chi connectivity index (χ2v) is 4.55. The van der Waals surface area contributed by atoms with Gasteiger partial charge in [-0.15, -0.1) is 0 Å². The molecule has 100 valence electrons. The van der Waals surface area contributed by atoms with Crippen molar-refractivity contribution < 1.29 is 14.8 Å². The molecule has 1 aromatic rings. The molecule has 0 amide bonds. The topological polar surface area (TPSA) is 72.6 Å². The highest BCUT2D eigenvalue weighted by Crippen LogP contribution is 2.29. The van der Waals surface area contributed by atoms with Crippen molar-refractivity contribution in [1.29, 1.82) is 0 Å². The molecule has 1 N–H and O–H groups in total. The summed E-state index contributed by atoms with van der Waals surface area (Å²) in [7, 11) is 0. The minimum atomic E-state index is -0.975. The summed E-state index contributed by atoms with van der Waals surface area (Å²) < 4.78 is 5.36. The highest BCUT2D eigenvalue weighted by atomic mass is 16.6. The zero-order valence-electron chi connectivity index (χ0n) is 11.0. The Bertz CT molecular complexity index is 429. The normalized spacial score (nSPS) is 14.0. The van der Waals surface area contributed by atoms with Gasteiger partial charge in [0.05, 0.1) is 10.5 Å². The van der Waals surface area contributed by atoms with Gasteiger partial charge in [-0.3, -0.25) is 10.1 Å². The second kappa shape index (κ2) is 5.82. The average molecular weight is 253 g/mol. The number of hydrogen-bond acceptors (Lipinski definition) is 4. The Morgan fingerprint density at radius 1 is 1.44 bits per heavy atom. The van der Waals surface area contributed by atoms with E-state index < -0.39 is 10.5 Å². The zero-order chi connectivity index (χ0) is 13.8. The molecule has 1 aromatic carbocycles. The highest BCUT2D eigenvalue weighted by Gasteiger charge is 2.22. The molecule has 5 nitrogen and oxygen atoms in total. The van der Waals surface area contributed by atoms with Crippen LogP contribution in [0.4, 0.5) is 5.69 Å². The van der Waals surface area contributed by atoms with Gasteiger partial charge in [0.25, 0.3) is 0 Å². The molecule has 0 aliphatic rings. The van der Waals surface area contributed by atoms with Crippen molar-refractivity contribution >= 4 is 5.69 Å². The first-order chi connectivity index (χ1) is 8.39. The van der Waals surface area contributed by atoms with Crippen molar-refractivity contribution in [3.8, 4) is 5.75 Å². The molecule has 0 aliphatic carbocycles. The van der Waals surface area contributed by atoms with E-state index in [2.05, 4.69) is 0 Å². The number of rotatable bonds is 6. The molecule has 1 unspecified atom stereocenters. The average Bonchev–Trinajstić information content (AvgIpc) is 2.36. The Morgan fingerprint density at radius 3 is 2.61 bits per heavy atom. The van der Waals surface area contributed by atoms with Crippen LogP contribution in [0.3, 0.4) is 0 Å². The van der Waals surface area contributed by atoms with Crippen molar-refractivity contribution in [2.45, 2.75) is 39.2 Å². The molecule has 1 atom stereocenters. The number of nitrogens with zero attached hydrogens (tertiary/aromatic N) is 1. The number of nitro groups is 1. The van der Waals surface area contributed by atoms with Gasteiger partial charge < -0.3 is 9.84 Å². The van der Waals surface area contributed by atoms with Crippen molar-refractivity contribution in [3.63, 3.8) is 0 Å². The molecule has 0 heterocycles. The van der Waals surface area contributed by atoms with Gasteiger partial charge in [0.1, 0.15) is 6.61 Å². The van der Waals surface area contributed by atoms with Gasteiger partial charge in [-0.2, -0.15) is 0 Å². The zero-order valence-corrected chi connectivity index (χ0v) is 11.0. The van der Waals surface area contributed by atoms with Crippen LogP contribution in [0, 0.1) is 10.1 Å². The van der Waals surface area contributed by atoms with E-state index in [9.17, 15) is 15.2 Å². The molecule has 0 aliphatic heterocycles. The molecular weight excluding hydrogens is 234 g/mol. The van der Waals surface area contributed by atoms with E-state index >= 15 is 0 Å². The van der Waals surface area contributed by atoms with E-state index in [1.807, 2.05) is 13.8 Å². The Balaban J connectivity index is 2.91. The van der Waals surface area contributed by atoms with Crippen LogP contribution in [0.2, 0.25) is 0 Å². The lowest BCUT2D eigenvalue weighted by molar-refractivity contribution is -0.386. The molecule has 0 radical (unpaired) electrons. The lowest BCUT2D eigenvalue weighted by atomic mass is 10.1. The minimum absolute atomic E-state index is 0.0375. The van der Waals surface area contributed by atoms with Crippen molar-refractivity contribution in [2.75, 3.05) is 6.61 Å². The van der Waals surface area contributed by atoms with E-state index in [0.29, 0.717) is 6.42 Å². The van der Waals surface area contributed by atoms with Crippen LogP contribution in [0.1, 0.15) is 32.8 Å². The van der Waals surface area contributed by atoms with Gasteiger partial charge in [-0.25, -0.2) is 0 Å². The summed E-state index contributed by atoms with van der Waals surface area (Å²) in [6.45, 7) is 5.44. The maximum atomic E-state index is 10.9. The molecule has 0 fully saturated rings. The lowest BCUT2D eigenvalue weighted by Crippen LogP contribution is -2.31. The van der Waals surface area contributed by atoms with E-state index in [0.717, 1.165) is 12.0 Å². The fourth-order valence-corrected chi connectivity index (χ4v) is 1.38. The molecule has 0 bridgehead atoms. The van der Waals surface area contributed by atoms with Crippen LogP contribution in [-0.4, -0.2) is 22.2 Å². The number of hydrogen-bond donors (Lipinski definition) is 1. The summed E-state index contributed by atoms with van der Waals surface area (Å²) in [6.07, 6.45) is 1.25. The van der Waals surface area contributed by atoms with E-state index in [-0.39, 0.29) is 18.0 Å². The quantitative estimate of drug-likeness (QED) is 0.625. The van der Waals surface area contributed by atoms with Crippen LogP contribution in [0.15, 0.2) is 18.2 Å². The van der Waals surface area contributed by atoms with Gasteiger partial charge >= 0.3 is 5.69 Å². The SMILES string of the molecule is CCc1ccc(OCC(C)(O)CC)c([N+](=O)[O-])c1. The number of ether oxygens (including phenoxy) is 1. The van der Waals surface area contributed by atoms with E-state index in [1.165, 1.54) is 6.07 Å². The first-order valence-electron chi connectivity index (χ1n) is 6.02. The van der Waals surface area contributed by atoms with Gasteiger partial charge in [-0.05, 0) is 31.4 Å². The van der Waals surface area contributed by atoms with Crippen LogP contribution >= 0.6 is 0 Å². The summed E-state index contributed by atoms with van der Waals surface area (Å²) in [5.74, 6) is 0.200. The van der Waals surface area contributed by atoms with Crippen LogP contribution in [-0.2, 0) is 6.42 Å². The van der Waals surface area contributed by atoms with Crippen molar-refractivity contribution in [3.05, 3.63) is 33.9 Å². The van der Waals surface area contributed by atoms with Gasteiger partial charge in [0.2, 0.25) is 0 Å². The van der Waals surface area contributed by atoms with Crippen LogP contribution < -0.4 is 4.74 Å². The van der Waals surface area contributed by atoms with Crippen molar-refractivity contribution in [1.82, 2.24) is 0 Å². The first-order valence-corrected chi connectivity index (χ1v) is 6.02. The molecule has 0 saturated carbocycles. The van der Waals surface area contributed by atoms with Crippen LogP contribution in [0.25, 0.3) is 0 Å². The molecule has 0 spiro atoms. The van der Waals surface area contributed by atoms with Gasteiger partial charge in [0, 0.05) is 6.07 Å². The van der Waals surface area contributed by atoms with Crippen molar-refractivity contribution in [2.24, 2.45) is 0 Å². The molecule has 5 heteroatoms. The predicted molar refractivity (Wildman–Crippen MR) is 68.9 cm³/mol. The van der Waals surface area contributed by atoms with Gasteiger partial charge in [0.15, 0.2) is 5.75 Å². The minimum Gasteiger partial charge on any atom is -0.484 e. The Labute approximate surface area is 107 Å². The summed E-state index contributed by atoms with van der Waals surface area (Å²) in [5.41, 5.74) is -0.144. The maximum Gasteiger partial charge on any atom is 0.311 e. The largest absolute Gasteiger partial charge is 0.484 e. The Kier molecular flexibility index (Phi) is 4.67. The van der Waals surface area contributed by atoms with Crippen LogP contribution in [0.5, 0.6) is 5.75 Å². The first kappa shape index (κ1) is 14.4. The third kappa shape index (κ3) is 3.70. The highest BCUT2D eigenvalue weighted by molar-refractivity contribution is 5.48. The fourth-order valence-electron chi connectivity index (χ4n) is 1.38.